The van der Waals surface area contributed by atoms with Gasteiger partial charge in [0, 0.05) is 43.0 Å². The van der Waals surface area contributed by atoms with Gasteiger partial charge in [0.1, 0.15) is 0 Å². The van der Waals surface area contributed by atoms with Crippen LogP contribution in [0.15, 0.2) is 54.6 Å². The number of nitrogens with zero attached hydrogens (tertiary/aromatic N) is 1. The molecule has 2 aromatic rings. The highest BCUT2D eigenvalue weighted by Gasteiger charge is 2.29. The highest BCUT2D eigenvalue weighted by molar-refractivity contribution is 5.94. The number of carbonyl (C=O) groups excluding carboxylic acids is 2. The Morgan fingerprint density at radius 1 is 0.828 bits per heavy atom. The van der Waals surface area contributed by atoms with Crippen molar-refractivity contribution in [2.75, 3.05) is 23.7 Å². The molecule has 3 N–H and O–H groups in total. The summed E-state index contributed by atoms with van der Waals surface area (Å²) >= 11 is 0. The van der Waals surface area contributed by atoms with Gasteiger partial charge in [0.05, 0.1) is 0 Å². The van der Waals surface area contributed by atoms with Crippen molar-refractivity contribution in [1.82, 2.24) is 10.2 Å². The summed E-state index contributed by atoms with van der Waals surface area (Å²) in [6.07, 6.45) is 3.87. The summed E-state index contributed by atoms with van der Waals surface area (Å²) in [6, 6.07) is 17.8. The van der Waals surface area contributed by atoms with Gasteiger partial charge >= 0.3 is 6.03 Å². The van der Waals surface area contributed by atoms with E-state index >= 15 is 0 Å². The Morgan fingerprint density at radius 2 is 1.45 bits per heavy atom. The molecular formula is C23H28N4O2. The number of urea groups is 1. The molecule has 2 aromatic carbocycles. The maximum atomic E-state index is 12.3. The number of likely N-dealkylation sites (tertiary alicyclic amines) is 1. The van der Waals surface area contributed by atoms with Gasteiger partial charge < -0.3 is 16.0 Å². The number of rotatable bonds is 6. The van der Waals surface area contributed by atoms with Crippen LogP contribution in [0.2, 0.25) is 0 Å². The number of hydrogen-bond donors (Lipinski definition) is 3. The molecule has 0 bridgehead atoms. The van der Waals surface area contributed by atoms with Gasteiger partial charge in [0.15, 0.2) is 0 Å². The van der Waals surface area contributed by atoms with Gasteiger partial charge in [-0.2, -0.15) is 0 Å². The molecule has 0 unspecified atom stereocenters. The third-order valence-corrected chi connectivity index (χ3v) is 5.53. The van der Waals surface area contributed by atoms with E-state index in [1.807, 2.05) is 30.3 Å². The molecule has 1 heterocycles. The minimum Gasteiger partial charge on any atom is -0.335 e. The minimum atomic E-state index is -0.179. The monoisotopic (exact) mass is 392 g/mol. The smallest absolute Gasteiger partial charge is 0.319 e. The van der Waals surface area contributed by atoms with E-state index in [9.17, 15) is 9.59 Å². The van der Waals surface area contributed by atoms with Crippen LogP contribution in [-0.4, -0.2) is 36.0 Å². The number of benzene rings is 2. The topological polar surface area (TPSA) is 73.5 Å². The predicted octanol–water partition coefficient (Wildman–Crippen LogP) is 3.82. The summed E-state index contributed by atoms with van der Waals surface area (Å²) in [4.78, 5) is 26.5. The van der Waals surface area contributed by atoms with E-state index in [1.54, 1.807) is 0 Å². The van der Waals surface area contributed by atoms with E-state index in [4.69, 9.17) is 0 Å². The Morgan fingerprint density at radius 3 is 2.07 bits per heavy atom. The Balaban J connectivity index is 1.18. The van der Waals surface area contributed by atoms with E-state index in [0.29, 0.717) is 5.69 Å². The van der Waals surface area contributed by atoms with E-state index in [2.05, 4.69) is 45.1 Å². The fourth-order valence-electron chi connectivity index (χ4n) is 3.66. The van der Waals surface area contributed by atoms with Crippen LogP contribution in [0.5, 0.6) is 0 Å². The third-order valence-electron chi connectivity index (χ3n) is 5.53. The third kappa shape index (κ3) is 5.81. The Hall–Kier alpha value is -2.86. The van der Waals surface area contributed by atoms with Crippen molar-refractivity contribution in [3.8, 4) is 0 Å². The minimum absolute atomic E-state index is 0.0852. The molecule has 6 nitrogen and oxygen atoms in total. The molecule has 29 heavy (non-hydrogen) atoms. The lowest BCUT2D eigenvalue weighted by Gasteiger charge is -2.32. The fraction of sp³-hybridized carbons (Fsp3) is 0.391. The molecule has 0 radical (unpaired) electrons. The van der Waals surface area contributed by atoms with Gasteiger partial charge in [-0.15, -0.1) is 0 Å². The van der Waals surface area contributed by atoms with Gasteiger partial charge in [-0.05, 0) is 55.5 Å². The second-order valence-corrected chi connectivity index (χ2v) is 7.98. The molecule has 1 saturated carbocycles. The molecule has 2 fully saturated rings. The van der Waals surface area contributed by atoms with Crippen LogP contribution in [0.3, 0.4) is 0 Å². The van der Waals surface area contributed by atoms with Crippen LogP contribution < -0.4 is 16.0 Å². The van der Waals surface area contributed by atoms with Crippen molar-refractivity contribution in [1.29, 1.82) is 0 Å². The zero-order valence-corrected chi connectivity index (χ0v) is 16.6. The van der Waals surface area contributed by atoms with E-state index < -0.39 is 0 Å². The number of nitrogens with one attached hydrogen (secondary N) is 3. The molecular weight excluding hydrogens is 364 g/mol. The highest BCUT2D eigenvalue weighted by atomic mass is 16.2. The van der Waals surface area contributed by atoms with Gasteiger partial charge in [-0.25, -0.2) is 4.79 Å². The van der Waals surface area contributed by atoms with E-state index in [-0.39, 0.29) is 23.9 Å². The lowest BCUT2D eigenvalue weighted by atomic mass is 10.0. The first kappa shape index (κ1) is 19.5. The first-order chi connectivity index (χ1) is 14.2. The second kappa shape index (κ2) is 9.09. The maximum absolute atomic E-state index is 12.3. The SMILES string of the molecule is O=C(Nc1ccc(NC(=O)C2CC2)cc1)NC1CCN(Cc2ccccc2)CC1. The fourth-order valence-corrected chi connectivity index (χ4v) is 3.66. The van der Waals surface area contributed by atoms with Crippen LogP contribution in [0.4, 0.5) is 16.2 Å². The molecule has 0 spiro atoms. The number of hydrogen-bond acceptors (Lipinski definition) is 3. The van der Waals surface area contributed by atoms with Crippen molar-refractivity contribution >= 4 is 23.3 Å². The van der Waals surface area contributed by atoms with E-state index in [0.717, 1.165) is 51.0 Å². The van der Waals surface area contributed by atoms with Gasteiger partial charge in [-0.3, -0.25) is 9.69 Å². The Bertz CT molecular complexity index is 826. The van der Waals surface area contributed by atoms with Crippen molar-refractivity contribution in [3.63, 3.8) is 0 Å². The summed E-state index contributed by atoms with van der Waals surface area (Å²) in [6.45, 7) is 2.92. The first-order valence-corrected chi connectivity index (χ1v) is 10.4. The van der Waals surface area contributed by atoms with Crippen molar-refractivity contribution < 1.29 is 9.59 Å². The summed E-state index contributed by atoms with van der Waals surface area (Å²) in [5.41, 5.74) is 2.81. The van der Waals surface area contributed by atoms with Gasteiger partial charge in [0.25, 0.3) is 0 Å². The van der Waals surface area contributed by atoms with Crippen LogP contribution >= 0.6 is 0 Å². The average molecular weight is 393 g/mol. The first-order valence-electron chi connectivity index (χ1n) is 10.4. The molecule has 1 aliphatic carbocycles. The standard InChI is InChI=1S/C23H28N4O2/c28-22(18-6-7-18)24-19-8-10-20(11-9-19)25-23(29)26-21-12-14-27(15-13-21)16-17-4-2-1-3-5-17/h1-5,8-11,18,21H,6-7,12-16H2,(H,24,28)(H2,25,26,29). The normalized spacial score (nSPS) is 17.5. The van der Waals surface area contributed by atoms with Gasteiger partial charge in [0.2, 0.25) is 5.91 Å². The zero-order chi connectivity index (χ0) is 20.1. The van der Waals surface area contributed by atoms with Crippen molar-refractivity contribution in [2.24, 2.45) is 5.92 Å². The highest BCUT2D eigenvalue weighted by Crippen LogP contribution is 2.30. The molecule has 2 aliphatic rings. The van der Waals surface area contributed by atoms with Crippen molar-refractivity contribution in [3.05, 3.63) is 60.2 Å². The quantitative estimate of drug-likeness (QED) is 0.700. The molecule has 152 valence electrons. The van der Waals surface area contributed by atoms with Crippen molar-refractivity contribution in [2.45, 2.75) is 38.3 Å². The van der Waals surface area contributed by atoms with Crippen LogP contribution in [0, 0.1) is 5.92 Å². The lowest BCUT2D eigenvalue weighted by molar-refractivity contribution is -0.117. The average Bonchev–Trinajstić information content (AvgIpc) is 3.57. The number of piperidine rings is 1. The summed E-state index contributed by atoms with van der Waals surface area (Å²) in [5.74, 6) is 0.264. The zero-order valence-electron chi connectivity index (χ0n) is 16.6. The van der Waals surface area contributed by atoms with Gasteiger partial charge in [-0.1, -0.05) is 30.3 Å². The Kier molecular flexibility index (Phi) is 6.10. The Labute approximate surface area is 171 Å². The number of anilines is 2. The maximum Gasteiger partial charge on any atom is 0.319 e. The van der Waals surface area contributed by atoms with Crippen LogP contribution in [0.1, 0.15) is 31.2 Å². The molecule has 1 aliphatic heterocycles. The van der Waals surface area contributed by atoms with Crippen LogP contribution in [0.25, 0.3) is 0 Å². The lowest BCUT2D eigenvalue weighted by Crippen LogP contribution is -2.45. The summed E-state index contributed by atoms with van der Waals surface area (Å²) in [7, 11) is 0. The molecule has 0 aromatic heterocycles. The summed E-state index contributed by atoms with van der Waals surface area (Å²) in [5, 5.41) is 8.85. The predicted molar refractivity (Wildman–Crippen MR) is 115 cm³/mol. The molecule has 4 rings (SSSR count). The number of carbonyl (C=O) groups is 2. The molecule has 0 atom stereocenters. The van der Waals surface area contributed by atoms with E-state index in [1.165, 1.54) is 5.56 Å². The summed E-state index contributed by atoms with van der Waals surface area (Å²) < 4.78 is 0. The number of amides is 3. The molecule has 3 amide bonds. The molecule has 1 saturated heterocycles. The largest absolute Gasteiger partial charge is 0.335 e. The molecule has 6 heteroatoms. The van der Waals surface area contributed by atoms with Crippen LogP contribution in [-0.2, 0) is 11.3 Å². The second-order valence-electron chi connectivity index (χ2n) is 7.98.